The minimum absolute atomic E-state index is 0.602. The van der Waals surface area contributed by atoms with Crippen LogP contribution < -0.4 is 5.73 Å². The van der Waals surface area contributed by atoms with E-state index in [0.29, 0.717) is 22.1 Å². The molecule has 17 heavy (non-hydrogen) atoms. The van der Waals surface area contributed by atoms with Crippen molar-refractivity contribution in [3.05, 3.63) is 47.7 Å². The molecule has 0 spiro atoms. The van der Waals surface area contributed by atoms with Crippen molar-refractivity contribution in [1.29, 1.82) is 0 Å². The first-order valence-corrected chi connectivity index (χ1v) is 5.51. The number of rotatable bonds is 1. The predicted octanol–water partition coefficient (Wildman–Crippen LogP) is 3.73. The fourth-order valence-electron chi connectivity index (χ4n) is 1.76. The van der Waals surface area contributed by atoms with E-state index in [-0.39, 0.29) is 0 Å². The van der Waals surface area contributed by atoms with Gasteiger partial charge in [-0.1, -0.05) is 23.7 Å². The van der Waals surface area contributed by atoms with Crippen molar-refractivity contribution in [1.82, 2.24) is 4.98 Å². The molecule has 4 heteroatoms. The lowest BCUT2D eigenvalue weighted by molar-refractivity contribution is 0.631. The van der Waals surface area contributed by atoms with Crippen LogP contribution in [0.3, 0.4) is 0 Å². The maximum absolute atomic E-state index is 6.06. The number of fused-ring (bicyclic) bond motifs is 1. The van der Waals surface area contributed by atoms with Gasteiger partial charge in [0, 0.05) is 23.3 Å². The second kappa shape index (κ2) is 3.79. The molecule has 0 unspecified atom stereocenters. The van der Waals surface area contributed by atoms with Gasteiger partial charge in [-0.05, 0) is 18.2 Å². The Morgan fingerprint density at radius 1 is 1.18 bits per heavy atom. The van der Waals surface area contributed by atoms with Crippen molar-refractivity contribution in [2.24, 2.45) is 0 Å². The fraction of sp³-hybridized carbons (Fsp3) is 0. The Hall–Kier alpha value is -2.00. The van der Waals surface area contributed by atoms with Gasteiger partial charge < -0.3 is 10.2 Å². The number of para-hydroxylation sites is 1. The first-order chi connectivity index (χ1) is 8.24. The first-order valence-electron chi connectivity index (χ1n) is 5.13. The standard InChI is InChI=1S/C13H9ClN2O/c14-11-3-1-2-8-5-12(17-13(8)11)9-4-10(15)7-16-6-9/h1-7H,15H2. The van der Waals surface area contributed by atoms with Crippen LogP contribution in [0, 0.1) is 0 Å². The summed E-state index contributed by atoms with van der Waals surface area (Å²) >= 11 is 6.06. The molecular weight excluding hydrogens is 236 g/mol. The SMILES string of the molecule is Nc1cncc(-c2cc3cccc(Cl)c3o2)c1. The third kappa shape index (κ3) is 1.74. The highest BCUT2D eigenvalue weighted by Gasteiger charge is 2.08. The molecule has 3 rings (SSSR count). The molecule has 3 aromatic rings. The second-order valence-corrected chi connectivity index (χ2v) is 4.18. The molecule has 0 aliphatic rings. The second-order valence-electron chi connectivity index (χ2n) is 3.78. The molecule has 0 aliphatic heterocycles. The molecule has 0 saturated carbocycles. The Bertz CT molecular complexity index is 691. The Labute approximate surface area is 103 Å². The highest BCUT2D eigenvalue weighted by Crippen LogP contribution is 2.32. The normalized spacial score (nSPS) is 10.9. The third-order valence-corrected chi connectivity index (χ3v) is 2.84. The van der Waals surface area contributed by atoms with E-state index < -0.39 is 0 Å². The number of anilines is 1. The highest BCUT2D eigenvalue weighted by atomic mass is 35.5. The number of furan rings is 1. The van der Waals surface area contributed by atoms with Gasteiger partial charge in [-0.3, -0.25) is 4.98 Å². The van der Waals surface area contributed by atoms with E-state index in [1.165, 1.54) is 0 Å². The zero-order chi connectivity index (χ0) is 11.8. The lowest BCUT2D eigenvalue weighted by atomic mass is 10.2. The monoisotopic (exact) mass is 244 g/mol. The molecule has 0 radical (unpaired) electrons. The van der Waals surface area contributed by atoms with Gasteiger partial charge in [0.1, 0.15) is 5.76 Å². The summed E-state index contributed by atoms with van der Waals surface area (Å²) in [5, 5.41) is 1.57. The van der Waals surface area contributed by atoms with Crippen molar-refractivity contribution in [3.8, 4) is 11.3 Å². The summed E-state index contributed by atoms with van der Waals surface area (Å²) in [7, 11) is 0. The van der Waals surface area contributed by atoms with Crippen LogP contribution in [0.15, 0.2) is 47.1 Å². The number of nitrogen functional groups attached to an aromatic ring is 1. The Morgan fingerprint density at radius 3 is 2.82 bits per heavy atom. The molecule has 0 fully saturated rings. The van der Waals surface area contributed by atoms with Gasteiger partial charge in [0.15, 0.2) is 5.58 Å². The molecule has 3 nitrogen and oxygen atoms in total. The van der Waals surface area contributed by atoms with Crippen molar-refractivity contribution < 1.29 is 4.42 Å². The number of aromatic nitrogens is 1. The minimum atomic E-state index is 0.602. The van der Waals surface area contributed by atoms with E-state index in [2.05, 4.69) is 4.98 Å². The smallest absolute Gasteiger partial charge is 0.153 e. The maximum atomic E-state index is 6.06. The van der Waals surface area contributed by atoms with E-state index in [1.807, 2.05) is 24.3 Å². The van der Waals surface area contributed by atoms with Crippen LogP contribution in [-0.2, 0) is 0 Å². The van der Waals surface area contributed by atoms with Crippen molar-refractivity contribution in [3.63, 3.8) is 0 Å². The Kier molecular flexibility index (Phi) is 2.27. The van der Waals surface area contributed by atoms with Gasteiger partial charge in [-0.15, -0.1) is 0 Å². The van der Waals surface area contributed by atoms with E-state index in [4.69, 9.17) is 21.8 Å². The summed E-state index contributed by atoms with van der Waals surface area (Å²) in [6.45, 7) is 0. The molecular formula is C13H9ClN2O. The molecule has 0 atom stereocenters. The molecule has 1 aromatic carbocycles. The van der Waals surface area contributed by atoms with Crippen LogP contribution in [-0.4, -0.2) is 4.98 Å². The van der Waals surface area contributed by atoms with Gasteiger partial charge in [0.05, 0.1) is 10.7 Å². The van der Waals surface area contributed by atoms with Crippen LogP contribution in [0.4, 0.5) is 5.69 Å². The number of hydrogen-bond donors (Lipinski definition) is 1. The van der Waals surface area contributed by atoms with Gasteiger partial charge in [0.2, 0.25) is 0 Å². The minimum Gasteiger partial charge on any atom is -0.454 e. The van der Waals surface area contributed by atoms with E-state index in [0.717, 1.165) is 10.9 Å². The average Bonchev–Trinajstić information content (AvgIpc) is 2.74. The third-order valence-electron chi connectivity index (χ3n) is 2.54. The average molecular weight is 245 g/mol. The quantitative estimate of drug-likeness (QED) is 0.710. The van der Waals surface area contributed by atoms with Crippen molar-refractivity contribution in [2.75, 3.05) is 5.73 Å². The van der Waals surface area contributed by atoms with Crippen molar-refractivity contribution in [2.45, 2.75) is 0 Å². The summed E-state index contributed by atoms with van der Waals surface area (Å²) in [5.74, 6) is 0.716. The molecule has 2 heterocycles. The zero-order valence-electron chi connectivity index (χ0n) is 8.85. The van der Waals surface area contributed by atoms with Gasteiger partial charge in [-0.25, -0.2) is 0 Å². The van der Waals surface area contributed by atoms with Crippen LogP contribution in [0.2, 0.25) is 5.02 Å². The number of nitrogens with two attached hydrogens (primary N) is 1. The number of benzene rings is 1. The Balaban J connectivity index is 2.22. The lowest BCUT2D eigenvalue weighted by Crippen LogP contribution is -1.86. The largest absolute Gasteiger partial charge is 0.454 e. The van der Waals surface area contributed by atoms with Gasteiger partial charge in [0.25, 0.3) is 0 Å². The molecule has 84 valence electrons. The highest BCUT2D eigenvalue weighted by molar-refractivity contribution is 6.34. The Morgan fingerprint density at radius 2 is 2.06 bits per heavy atom. The molecule has 2 N–H and O–H groups in total. The van der Waals surface area contributed by atoms with Crippen LogP contribution in [0.1, 0.15) is 0 Å². The lowest BCUT2D eigenvalue weighted by Gasteiger charge is -1.96. The summed E-state index contributed by atoms with van der Waals surface area (Å²) in [6, 6.07) is 9.39. The molecule has 0 aliphatic carbocycles. The summed E-state index contributed by atoms with van der Waals surface area (Å²) < 4.78 is 5.71. The summed E-state index contributed by atoms with van der Waals surface area (Å²) in [4.78, 5) is 4.04. The molecule has 0 saturated heterocycles. The summed E-state index contributed by atoms with van der Waals surface area (Å²) in [6.07, 6.45) is 3.31. The van der Waals surface area contributed by atoms with E-state index in [9.17, 15) is 0 Å². The van der Waals surface area contributed by atoms with Crippen LogP contribution >= 0.6 is 11.6 Å². The summed E-state index contributed by atoms with van der Waals surface area (Å²) in [5.41, 5.74) is 7.83. The number of halogens is 1. The van der Waals surface area contributed by atoms with E-state index >= 15 is 0 Å². The van der Waals surface area contributed by atoms with Crippen molar-refractivity contribution >= 4 is 28.3 Å². The van der Waals surface area contributed by atoms with Gasteiger partial charge >= 0.3 is 0 Å². The van der Waals surface area contributed by atoms with E-state index in [1.54, 1.807) is 18.5 Å². The molecule has 0 bridgehead atoms. The topological polar surface area (TPSA) is 52.0 Å². The fourth-order valence-corrected chi connectivity index (χ4v) is 1.98. The van der Waals surface area contributed by atoms with Gasteiger partial charge in [-0.2, -0.15) is 0 Å². The van der Waals surface area contributed by atoms with Crippen LogP contribution in [0.25, 0.3) is 22.3 Å². The zero-order valence-corrected chi connectivity index (χ0v) is 9.61. The van der Waals surface area contributed by atoms with Crippen LogP contribution in [0.5, 0.6) is 0 Å². The number of nitrogens with zero attached hydrogens (tertiary/aromatic N) is 1. The number of pyridine rings is 1. The molecule has 2 aromatic heterocycles. The predicted molar refractivity (Wildman–Crippen MR) is 68.9 cm³/mol. The molecule has 0 amide bonds. The number of hydrogen-bond acceptors (Lipinski definition) is 3. The first kappa shape index (κ1) is 10.2. The maximum Gasteiger partial charge on any atom is 0.153 e.